The Morgan fingerprint density at radius 3 is 2.16 bits per heavy atom. The highest BCUT2D eigenvalue weighted by Crippen LogP contribution is 2.32. The molecule has 0 fully saturated rings. The number of halogens is 3. The summed E-state index contributed by atoms with van der Waals surface area (Å²) in [5.74, 6) is -0.969. The summed E-state index contributed by atoms with van der Waals surface area (Å²) < 4.78 is 29.3. The third kappa shape index (κ3) is 8.58. The maximum atomic E-state index is 14.5. The largest absolute Gasteiger partial charge is 0.354 e. The molecule has 4 rings (SSSR count). The Morgan fingerprint density at radius 2 is 1.51 bits per heavy atom. The van der Waals surface area contributed by atoms with Gasteiger partial charge >= 0.3 is 0 Å². The number of carbonyl (C=O) groups is 2. The van der Waals surface area contributed by atoms with Gasteiger partial charge in [-0.15, -0.1) is 0 Å². The van der Waals surface area contributed by atoms with E-state index in [1.165, 1.54) is 17.0 Å². The molecule has 0 saturated carbocycles. The predicted octanol–water partition coefficient (Wildman–Crippen LogP) is 7.32. The van der Waals surface area contributed by atoms with Gasteiger partial charge in [0.05, 0.1) is 10.6 Å². The summed E-state index contributed by atoms with van der Waals surface area (Å²) in [4.78, 5) is 29.7. The van der Waals surface area contributed by atoms with E-state index in [1.807, 2.05) is 37.3 Å². The van der Waals surface area contributed by atoms with Gasteiger partial charge in [0.25, 0.3) is 10.0 Å². The molecule has 0 unspecified atom stereocenters. The molecule has 0 bridgehead atoms. The van der Waals surface area contributed by atoms with Crippen LogP contribution >= 0.6 is 34.8 Å². The van der Waals surface area contributed by atoms with E-state index in [9.17, 15) is 18.0 Å². The Balaban J connectivity index is 1.84. The number of anilines is 1. The molecule has 0 aliphatic carbocycles. The molecule has 0 heterocycles. The van der Waals surface area contributed by atoms with Gasteiger partial charge in [0.1, 0.15) is 12.6 Å². The lowest BCUT2D eigenvalue weighted by atomic mass is 10.0. The fourth-order valence-corrected chi connectivity index (χ4v) is 6.98. The molecule has 4 aromatic rings. The first-order chi connectivity index (χ1) is 21.5. The minimum absolute atomic E-state index is 0.00555. The van der Waals surface area contributed by atoms with E-state index >= 15 is 0 Å². The summed E-state index contributed by atoms with van der Waals surface area (Å²) in [5.41, 5.74) is 2.11. The fraction of sp³-hybridized carbons (Fsp3) is 0.235. The number of amides is 2. The van der Waals surface area contributed by atoms with Gasteiger partial charge < -0.3 is 10.2 Å². The molecular weight excluding hydrogens is 653 g/mol. The standard InChI is InChI=1S/C34H34Cl3N3O4S/c1-3-19-38-34(42)32(20-25-11-6-4-7-12-25)39(22-26-17-18-27(35)21-30(26)37)33(41)23-40(31-16-10-15-29(36)24(31)2)45(43,44)28-13-8-5-9-14-28/h4-18,21,32H,3,19-20,22-23H2,1-2H3,(H,38,42)/t32-/m1/s1. The van der Waals surface area contributed by atoms with E-state index in [1.54, 1.807) is 61.5 Å². The zero-order valence-electron chi connectivity index (χ0n) is 24.9. The third-order valence-electron chi connectivity index (χ3n) is 7.29. The normalized spacial score (nSPS) is 11.9. The van der Waals surface area contributed by atoms with Crippen molar-refractivity contribution in [2.45, 2.75) is 44.2 Å². The van der Waals surface area contributed by atoms with E-state index in [-0.39, 0.29) is 29.5 Å². The second-order valence-corrected chi connectivity index (χ2v) is 13.6. The molecule has 4 aromatic carbocycles. The second-order valence-electron chi connectivity index (χ2n) is 10.5. The van der Waals surface area contributed by atoms with Crippen LogP contribution in [0.2, 0.25) is 15.1 Å². The number of nitrogens with zero attached hydrogens (tertiary/aromatic N) is 2. The van der Waals surface area contributed by atoms with Crippen molar-refractivity contribution in [1.29, 1.82) is 0 Å². The molecule has 0 saturated heterocycles. The summed E-state index contributed by atoms with van der Waals surface area (Å²) in [6.45, 7) is 3.36. The molecular formula is C34H34Cl3N3O4S. The topological polar surface area (TPSA) is 86.8 Å². The highest BCUT2D eigenvalue weighted by molar-refractivity contribution is 7.92. The van der Waals surface area contributed by atoms with Gasteiger partial charge in [0, 0.05) is 34.6 Å². The fourth-order valence-electron chi connectivity index (χ4n) is 4.85. The quantitative estimate of drug-likeness (QED) is 0.160. The molecule has 0 spiro atoms. The number of rotatable bonds is 13. The van der Waals surface area contributed by atoms with Gasteiger partial charge in [-0.2, -0.15) is 0 Å². The van der Waals surface area contributed by atoms with Gasteiger partial charge in [0.2, 0.25) is 11.8 Å². The summed E-state index contributed by atoms with van der Waals surface area (Å²) in [7, 11) is -4.24. The average Bonchev–Trinajstić information content (AvgIpc) is 3.03. The van der Waals surface area contributed by atoms with Crippen LogP contribution in [-0.4, -0.2) is 44.3 Å². The number of hydrogen-bond acceptors (Lipinski definition) is 4. The Bertz CT molecular complexity index is 1740. The van der Waals surface area contributed by atoms with E-state index in [2.05, 4.69) is 5.32 Å². The van der Waals surface area contributed by atoms with Crippen molar-refractivity contribution in [3.05, 3.63) is 129 Å². The molecule has 236 valence electrons. The number of benzene rings is 4. The number of sulfonamides is 1. The molecule has 0 aromatic heterocycles. The molecule has 11 heteroatoms. The lowest BCUT2D eigenvalue weighted by Crippen LogP contribution is -2.53. The van der Waals surface area contributed by atoms with Gasteiger partial charge in [-0.05, 0) is 66.4 Å². The smallest absolute Gasteiger partial charge is 0.264 e. The number of hydrogen-bond donors (Lipinski definition) is 1. The summed E-state index contributed by atoms with van der Waals surface area (Å²) in [6.07, 6.45) is 0.882. The zero-order valence-corrected chi connectivity index (χ0v) is 28.0. The van der Waals surface area contributed by atoms with Gasteiger partial charge in [-0.3, -0.25) is 13.9 Å². The van der Waals surface area contributed by atoms with Crippen LogP contribution in [0.15, 0.2) is 102 Å². The molecule has 1 atom stereocenters. The Morgan fingerprint density at radius 1 is 0.844 bits per heavy atom. The van der Waals surface area contributed by atoms with Gasteiger partial charge in [-0.1, -0.05) is 102 Å². The van der Waals surface area contributed by atoms with Crippen molar-refractivity contribution in [2.24, 2.45) is 0 Å². The van der Waals surface area contributed by atoms with Crippen LogP contribution in [0.3, 0.4) is 0 Å². The van der Waals surface area contributed by atoms with Crippen LogP contribution in [0.1, 0.15) is 30.0 Å². The molecule has 1 N–H and O–H groups in total. The van der Waals surface area contributed by atoms with Crippen LogP contribution in [0.25, 0.3) is 0 Å². The molecule has 0 aliphatic rings. The van der Waals surface area contributed by atoms with Crippen LogP contribution in [-0.2, 0) is 32.6 Å². The molecule has 7 nitrogen and oxygen atoms in total. The van der Waals surface area contributed by atoms with Crippen molar-refractivity contribution >= 4 is 62.3 Å². The first-order valence-corrected chi connectivity index (χ1v) is 17.0. The number of carbonyl (C=O) groups excluding carboxylic acids is 2. The first-order valence-electron chi connectivity index (χ1n) is 14.4. The van der Waals surface area contributed by atoms with Gasteiger partial charge in [0.15, 0.2) is 0 Å². The lowest BCUT2D eigenvalue weighted by Gasteiger charge is -2.34. The SMILES string of the molecule is CCCNC(=O)[C@@H](Cc1ccccc1)N(Cc1ccc(Cl)cc1Cl)C(=O)CN(c1cccc(Cl)c1C)S(=O)(=O)c1ccccc1. The number of nitrogens with one attached hydrogen (secondary N) is 1. The maximum Gasteiger partial charge on any atom is 0.264 e. The first kappa shape index (κ1) is 34.3. The van der Waals surface area contributed by atoms with Crippen LogP contribution in [0.4, 0.5) is 5.69 Å². The van der Waals surface area contributed by atoms with E-state index < -0.39 is 28.5 Å². The highest BCUT2D eigenvalue weighted by Gasteiger charge is 2.35. The Kier molecular flexibility index (Phi) is 11.9. The van der Waals surface area contributed by atoms with Crippen molar-refractivity contribution in [3.8, 4) is 0 Å². The van der Waals surface area contributed by atoms with E-state index in [0.29, 0.717) is 39.2 Å². The molecule has 0 radical (unpaired) electrons. The van der Waals surface area contributed by atoms with Crippen molar-refractivity contribution in [3.63, 3.8) is 0 Å². The molecule has 0 aliphatic heterocycles. The maximum absolute atomic E-state index is 14.5. The third-order valence-corrected chi connectivity index (χ3v) is 10.1. The molecule has 45 heavy (non-hydrogen) atoms. The zero-order chi connectivity index (χ0) is 32.6. The van der Waals surface area contributed by atoms with Crippen molar-refractivity contribution in [2.75, 3.05) is 17.4 Å². The Labute approximate surface area is 279 Å². The summed E-state index contributed by atoms with van der Waals surface area (Å²) >= 11 is 19.1. The summed E-state index contributed by atoms with van der Waals surface area (Å²) in [5, 5.41) is 3.99. The molecule has 2 amide bonds. The van der Waals surface area contributed by atoms with Crippen LogP contribution in [0, 0.1) is 6.92 Å². The van der Waals surface area contributed by atoms with E-state index in [4.69, 9.17) is 34.8 Å². The van der Waals surface area contributed by atoms with Gasteiger partial charge in [-0.25, -0.2) is 8.42 Å². The predicted molar refractivity (Wildman–Crippen MR) is 181 cm³/mol. The summed E-state index contributed by atoms with van der Waals surface area (Å²) in [6, 6.07) is 26.0. The average molecular weight is 687 g/mol. The minimum Gasteiger partial charge on any atom is -0.354 e. The van der Waals surface area contributed by atoms with Crippen LogP contribution < -0.4 is 9.62 Å². The second kappa shape index (κ2) is 15.6. The minimum atomic E-state index is -4.24. The van der Waals surface area contributed by atoms with Crippen molar-refractivity contribution < 1.29 is 18.0 Å². The van der Waals surface area contributed by atoms with Crippen molar-refractivity contribution in [1.82, 2.24) is 10.2 Å². The lowest BCUT2D eigenvalue weighted by molar-refractivity contribution is -0.140. The Hall–Kier alpha value is -3.56. The highest BCUT2D eigenvalue weighted by atomic mass is 35.5. The monoisotopic (exact) mass is 685 g/mol. The van der Waals surface area contributed by atoms with Crippen LogP contribution in [0.5, 0.6) is 0 Å². The van der Waals surface area contributed by atoms with E-state index in [0.717, 1.165) is 9.87 Å².